The van der Waals surface area contributed by atoms with E-state index in [4.69, 9.17) is 23.6 Å². The fraction of sp³-hybridized carbons (Fsp3) is 0.900. The lowest BCUT2D eigenvalue weighted by Gasteiger charge is -2.20. The fourth-order valence-corrected chi connectivity index (χ4v) is 8.06. The van der Waals surface area contributed by atoms with Crippen LogP contribution in [0.15, 0.2) is 24.3 Å². The first-order valence-electron chi connectivity index (χ1n) is 25.3. The number of carbonyl (C=O) groups is 1. The summed E-state index contributed by atoms with van der Waals surface area (Å²) in [6, 6.07) is 0. The molecule has 0 aromatic heterocycles. The first-order valence-corrected chi connectivity index (χ1v) is 26.8. The number of esters is 1. The predicted molar refractivity (Wildman–Crippen MR) is 251 cm³/mol. The Balaban J connectivity index is 4.06. The van der Waals surface area contributed by atoms with Crippen molar-refractivity contribution in [1.82, 2.24) is 0 Å². The Labute approximate surface area is 370 Å². The molecule has 0 rings (SSSR count). The zero-order valence-electron chi connectivity index (χ0n) is 39.2. The lowest BCUT2D eigenvalue weighted by Crippen LogP contribution is -2.29. The van der Waals surface area contributed by atoms with Crippen molar-refractivity contribution in [2.45, 2.75) is 257 Å². The third-order valence-electron chi connectivity index (χ3n) is 11.1. The Morgan fingerprint density at radius 1 is 0.517 bits per heavy atom. The van der Waals surface area contributed by atoms with Gasteiger partial charge in [0.25, 0.3) is 0 Å². The van der Waals surface area contributed by atoms with Crippen LogP contribution in [0.5, 0.6) is 0 Å². The van der Waals surface area contributed by atoms with Crippen LogP contribution in [0.4, 0.5) is 0 Å². The lowest BCUT2D eigenvalue weighted by molar-refractivity contribution is -0.154. The van der Waals surface area contributed by atoms with Crippen LogP contribution in [-0.2, 0) is 27.9 Å². The molecule has 0 aliphatic rings. The molecule has 3 unspecified atom stereocenters. The van der Waals surface area contributed by atoms with Crippen molar-refractivity contribution >= 4 is 13.8 Å². The SMILES string of the molecule is CCCCCC/C=C\C/C=C\CCCCCCCCCC(=O)OC(COCCCCCCCCCCCCCCCCCCCCCCC)COP(=O)(O)OCC(O)CO. The van der Waals surface area contributed by atoms with Crippen LogP contribution in [0.25, 0.3) is 0 Å². The van der Waals surface area contributed by atoms with Gasteiger partial charge in [0.05, 0.1) is 26.4 Å². The molecule has 0 aromatic carbocycles. The van der Waals surface area contributed by atoms with Gasteiger partial charge in [-0.3, -0.25) is 13.8 Å². The standard InChI is InChI=1S/C50H97O9P/c1-3-5-7-9-11-13-15-17-19-21-23-24-25-27-29-31-33-35-37-39-41-43-56-46-49(47-58-60(54,55)57-45-48(52)44-51)59-50(53)42-40-38-36-34-32-30-28-26-22-20-18-16-14-12-10-8-6-4-2/h14,16,20,22,48-49,51-52H,3-13,15,17-19,21,23-47H2,1-2H3,(H,54,55)/b16-14-,22-20-. The number of unbranched alkanes of at least 4 members (excludes halogenated alkanes) is 31. The molecule has 0 aliphatic carbocycles. The van der Waals surface area contributed by atoms with Crippen LogP contribution in [0.3, 0.4) is 0 Å². The average molecular weight is 873 g/mol. The minimum absolute atomic E-state index is 0.0508. The van der Waals surface area contributed by atoms with E-state index in [-0.39, 0.29) is 25.6 Å². The number of aliphatic hydroxyl groups is 2. The minimum Gasteiger partial charge on any atom is -0.457 e. The highest BCUT2D eigenvalue weighted by molar-refractivity contribution is 7.47. The molecule has 0 aromatic rings. The molecule has 0 spiro atoms. The first kappa shape index (κ1) is 58.9. The summed E-state index contributed by atoms with van der Waals surface area (Å²) in [7, 11) is -4.52. The summed E-state index contributed by atoms with van der Waals surface area (Å²) >= 11 is 0. The van der Waals surface area contributed by atoms with Crippen molar-refractivity contribution in [2.24, 2.45) is 0 Å². The normalized spacial score (nSPS) is 14.0. The molecule has 0 radical (unpaired) electrons. The van der Waals surface area contributed by atoms with Gasteiger partial charge in [-0.05, 0) is 44.9 Å². The maximum atomic E-state index is 12.7. The number of hydrogen-bond acceptors (Lipinski definition) is 8. The topological polar surface area (TPSA) is 132 Å². The van der Waals surface area contributed by atoms with Crippen molar-refractivity contribution in [2.75, 3.05) is 33.0 Å². The van der Waals surface area contributed by atoms with Crippen molar-refractivity contribution in [3.63, 3.8) is 0 Å². The van der Waals surface area contributed by atoms with Crippen LogP contribution in [-0.4, -0.2) is 66.3 Å². The smallest absolute Gasteiger partial charge is 0.457 e. The zero-order chi connectivity index (χ0) is 43.9. The van der Waals surface area contributed by atoms with E-state index in [1.54, 1.807) is 0 Å². The largest absolute Gasteiger partial charge is 0.472 e. The van der Waals surface area contributed by atoms with Gasteiger partial charge in [-0.15, -0.1) is 0 Å². The van der Waals surface area contributed by atoms with Crippen LogP contribution in [0.1, 0.15) is 245 Å². The second-order valence-corrected chi connectivity index (χ2v) is 18.6. The molecule has 3 N–H and O–H groups in total. The number of phosphoric ester groups is 1. The lowest BCUT2D eigenvalue weighted by atomic mass is 10.0. The fourth-order valence-electron chi connectivity index (χ4n) is 7.27. The summed E-state index contributed by atoms with van der Waals surface area (Å²) in [5.41, 5.74) is 0. The van der Waals surface area contributed by atoms with Crippen LogP contribution < -0.4 is 0 Å². The molecule has 0 saturated heterocycles. The van der Waals surface area contributed by atoms with Crippen LogP contribution >= 0.6 is 7.82 Å². The Bertz CT molecular complexity index is 991. The summed E-state index contributed by atoms with van der Waals surface area (Å²) in [4.78, 5) is 22.7. The van der Waals surface area contributed by atoms with Crippen molar-refractivity contribution < 1.29 is 43.0 Å². The van der Waals surface area contributed by atoms with Gasteiger partial charge in [-0.1, -0.05) is 218 Å². The summed E-state index contributed by atoms with van der Waals surface area (Å²) in [5, 5.41) is 18.4. The van der Waals surface area contributed by atoms with E-state index in [1.165, 1.54) is 173 Å². The molecule has 3 atom stereocenters. The maximum absolute atomic E-state index is 12.7. The van der Waals surface area contributed by atoms with Gasteiger partial charge in [-0.2, -0.15) is 0 Å². The second-order valence-electron chi connectivity index (χ2n) is 17.2. The number of phosphoric acid groups is 1. The van der Waals surface area contributed by atoms with E-state index in [0.29, 0.717) is 6.61 Å². The number of rotatable bonds is 49. The molecule has 60 heavy (non-hydrogen) atoms. The zero-order valence-corrected chi connectivity index (χ0v) is 40.1. The number of ether oxygens (including phenoxy) is 2. The van der Waals surface area contributed by atoms with E-state index in [1.807, 2.05) is 0 Å². The van der Waals surface area contributed by atoms with Gasteiger partial charge < -0.3 is 24.6 Å². The maximum Gasteiger partial charge on any atom is 0.472 e. The molecule has 0 bridgehead atoms. The third kappa shape index (κ3) is 46.4. The first-order chi connectivity index (χ1) is 29.3. The highest BCUT2D eigenvalue weighted by atomic mass is 31.2. The molecule has 0 fully saturated rings. The van der Waals surface area contributed by atoms with Gasteiger partial charge in [0.1, 0.15) is 12.2 Å². The number of hydrogen-bond donors (Lipinski definition) is 3. The summed E-state index contributed by atoms with van der Waals surface area (Å²) in [6.07, 6.45) is 51.4. The molecule has 0 saturated carbocycles. The summed E-state index contributed by atoms with van der Waals surface area (Å²) in [6.45, 7) is 3.55. The van der Waals surface area contributed by atoms with Crippen LogP contribution in [0.2, 0.25) is 0 Å². The van der Waals surface area contributed by atoms with E-state index < -0.39 is 33.2 Å². The van der Waals surface area contributed by atoms with E-state index in [9.17, 15) is 19.4 Å². The highest BCUT2D eigenvalue weighted by Crippen LogP contribution is 2.43. The van der Waals surface area contributed by atoms with Gasteiger partial charge in [-0.25, -0.2) is 4.57 Å². The second kappa shape index (κ2) is 47.4. The monoisotopic (exact) mass is 873 g/mol. The molecule has 356 valence electrons. The van der Waals surface area contributed by atoms with Crippen molar-refractivity contribution in [3.05, 3.63) is 24.3 Å². The summed E-state index contributed by atoms with van der Waals surface area (Å²) in [5.74, 6) is -0.385. The van der Waals surface area contributed by atoms with E-state index in [2.05, 4.69) is 38.2 Å². The van der Waals surface area contributed by atoms with Gasteiger partial charge in [0, 0.05) is 13.0 Å². The Morgan fingerprint density at radius 2 is 0.900 bits per heavy atom. The molecule has 0 aliphatic heterocycles. The molecule has 9 nitrogen and oxygen atoms in total. The Kier molecular flexibility index (Phi) is 46.6. The quantitative estimate of drug-likeness (QED) is 0.0237. The van der Waals surface area contributed by atoms with Gasteiger partial charge in [0.15, 0.2) is 0 Å². The molecule has 0 heterocycles. The van der Waals surface area contributed by atoms with Crippen molar-refractivity contribution in [1.29, 1.82) is 0 Å². The Morgan fingerprint density at radius 3 is 1.35 bits per heavy atom. The highest BCUT2D eigenvalue weighted by Gasteiger charge is 2.26. The number of aliphatic hydroxyl groups excluding tert-OH is 2. The average Bonchev–Trinajstić information content (AvgIpc) is 3.24. The van der Waals surface area contributed by atoms with Gasteiger partial charge in [0.2, 0.25) is 0 Å². The van der Waals surface area contributed by atoms with Crippen molar-refractivity contribution in [3.8, 4) is 0 Å². The predicted octanol–water partition coefficient (Wildman–Crippen LogP) is 14.6. The van der Waals surface area contributed by atoms with E-state index >= 15 is 0 Å². The van der Waals surface area contributed by atoms with Crippen LogP contribution in [0, 0.1) is 0 Å². The Hall–Kier alpha value is -1.06. The molecule has 10 heteroatoms. The molecule has 0 amide bonds. The number of carbonyl (C=O) groups excluding carboxylic acids is 1. The molecular weight excluding hydrogens is 776 g/mol. The van der Waals surface area contributed by atoms with Gasteiger partial charge >= 0.3 is 13.8 Å². The minimum atomic E-state index is -4.52. The van der Waals surface area contributed by atoms with E-state index in [0.717, 1.165) is 51.4 Å². The number of allylic oxidation sites excluding steroid dienone is 4. The summed E-state index contributed by atoms with van der Waals surface area (Å²) < 4.78 is 33.5. The molecular formula is C50H97O9P. The third-order valence-corrected chi connectivity index (χ3v) is 12.1.